The van der Waals surface area contributed by atoms with Crippen molar-refractivity contribution >= 4 is 5.91 Å². The lowest BCUT2D eigenvalue weighted by Gasteiger charge is -2.22. The van der Waals surface area contributed by atoms with E-state index in [4.69, 9.17) is 0 Å². The van der Waals surface area contributed by atoms with Crippen LogP contribution >= 0.6 is 0 Å². The van der Waals surface area contributed by atoms with Gasteiger partial charge >= 0.3 is 0 Å². The van der Waals surface area contributed by atoms with E-state index in [1.165, 1.54) is 135 Å². The molecule has 0 saturated carbocycles. The number of amides is 1. The molecule has 0 fully saturated rings. The SMILES string of the molecule is CC/C=C\C/C=C\C/C=C\C/C=C\C/C=C\CC(=O)NC(CO)C(O)CCCCCCCCCCCCCCCCCCCCCCCCC. The molecule has 4 nitrogen and oxygen atoms in total. The fourth-order valence-corrected chi connectivity index (χ4v) is 6.31. The molecule has 0 radical (unpaired) electrons. The highest BCUT2D eigenvalue weighted by atomic mass is 16.3. The molecule has 0 aliphatic rings. The number of hydrogen-bond donors (Lipinski definition) is 3. The Hall–Kier alpha value is -1.91. The van der Waals surface area contributed by atoms with Crippen molar-refractivity contribution in [1.82, 2.24) is 5.32 Å². The van der Waals surface area contributed by atoms with Crippen LogP contribution in [0, 0.1) is 0 Å². The number of allylic oxidation sites excluding steroid dienone is 9. The zero-order valence-corrected chi connectivity index (χ0v) is 33.2. The number of hydrogen-bond acceptors (Lipinski definition) is 3. The molecule has 290 valence electrons. The Balaban J connectivity index is 3.60. The number of aliphatic hydroxyl groups excluding tert-OH is 2. The van der Waals surface area contributed by atoms with Gasteiger partial charge in [0.05, 0.1) is 18.8 Å². The molecule has 3 N–H and O–H groups in total. The van der Waals surface area contributed by atoms with Gasteiger partial charge in [-0.3, -0.25) is 4.79 Å². The van der Waals surface area contributed by atoms with E-state index < -0.39 is 12.1 Å². The van der Waals surface area contributed by atoms with Gasteiger partial charge in [0.1, 0.15) is 0 Å². The second-order valence-corrected chi connectivity index (χ2v) is 14.4. The molecule has 0 bridgehead atoms. The average molecular weight is 698 g/mol. The molecular weight excluding hydrogens is 615 g/mol. The van der Waals surface area contributed by atoms with E-state index in [1.54, 1.807) is 0 Å². The van der Waals surface area contributed by atoms with Crippen LogP contribution in [0.2, 0.25) is 0 Å². The lowest BCUT2D eigenvalue weighted by molar-refractivity contribution is -0.122. The topological polar surface area (TPSA) is 69.6 Å². The van der Waals surface area contributed by atoms with E-state index in [2.05, 4.69) is 67.8 Å². The third kappa shape index (κ3) is 37.3. The normalized spacial score (nSPS) is 13.6. The van der Waals surface area contributed by atoms with Crippen LogP contribution in [0.15, 0.2) is 60.8 Å². The summed E-state index contributed by atoms with van der Waals surface area (Å²) in [6, 6.07) is -0.593. The smallest absolute Gasteiger partial charge is 0.224 e. The summed E-state index contributed by atoms with van der Waals surface area (Å²) in [7, 11) is 0. The molecule has 0 saturated heterocycles. The van der Waals surface area contributed by atoms with Crippen molar-refractivity contribution in [3.05, 3.63) is 60.8 Å². The minimum atomic E-state index is -0.702. The van der Waals surface area contributed by atoms with Gasteiger partial charge in [0.2, 0.25) is 5.91 Å². The first kappa shape index (κ1) is 48.1. The van der Waals surface area contributed by atoms with Crippen molar-refractivity contribution in [2.75, 3.05) is 6.61 Å². The van der Waals surface area contributed by atoms with E-state index in [0.29, 0.717) is 6.42 Å². The van der Waals surface area contributed by atoms with Crippen LogP contribution in [0.4, 0.5) is 0 Å². The molecule has 2 atom stereocenters. The number of nitrogens with one attached hydrogen (secondary N) is 1. The van der Waals surface area contributed by atoms with Crippen molar-refractivity contribution in [3.8, 4) is 0 Å². The first-order valence-electron chi connectivity index (χ1n) is 21.5. The first-order valence-corrected chi connectivity index (χ1v) is 21.5. The van der Waals surface area contributed by atoms with Crippen molar-refractivity contribution in [3.63, 3.8) is 0 Å². The molecule has 0 heterocycles. The molecule has 1 amide bonds. The second kappa shape index (κ2) is 41.5. The predicted molar refractivity (Wildman–Crippen MR) is 221 cm³/mol. The monoisotopic (exact) mass is 698 g/mol. The van der Waals surface area contributed by atoms with Gasteiger partial charge in [-0.15, -0.1) is 0 Å². The van der Waals surface area contributed by atoms with E-state index in [0.717, 1.165) is 44.9 Å². The zero-order valence-electron chi connectivity index (χ0n) is 33.2. The largest absolute Gasteiger partial charge is 0.394 e. The van der Waals surface area contributed by atoms with Gasteiger partial charge in [-0.1, -0.05) is 222 Å². The summed E-state index contributed by atoms with van der Waals surface area (Å²) in [5, 5.41) is 23.0. The Morgan fingerprint density at radius 1 is 0.480 bits per heavy atom. The summed E-state index contributed by atoms with van der Waals surface area (Å²) in [5.41, 5.74) is 0. The minimum absolute atomic E-state index is 0.158. The van der Waals surface area contributed by atoms with E-state index in [1.807, 2.05) is 12.2 Å². The van der Waals surface area contributed by atoms with Crippen molar-refractivity contribution in [1.29, 1.82) is 0 Å². The van der Waals surface area contributed by atoms with Crippen molar-refractivity contribution in [2.45, 2.75) is 219 Å². The number of carbonyl (C=O) groups is 1. The third-order valence-corrected chi connectivity index (χ3v) is 9.57. The third-order valence-electron chi connectivity index (χ3n) is 9.57. The molecule has 0 aliphatic heterocycles. The summed E-state index contributed by atoms with van der Waals surface area (Å²) in [4.78, 5) is 12.3. The van der Waals surface area contributed by atoms with Crippen LogP contribution in [0.5, 0.6) is 0 Å². The van der Waals surface area contributed by atoms with E-state index in [-0.39, 0.29) is 18.9 Å². The van der Waals surface area contributed by atoms with Crippen LogP contribution < -0.4 is 5.32 Å². The maximum Gasteiger partial charge on any atom is 0.224 e. The highest BCUT2D eigenvalue weighted by molar-refractivity contribution is 5.77. The summed E-state index contributed by atoms with van der Waals surface area (Å²) >= 11 is 0. The molecular formula is C46H83NO3. The molecule has 0 aliphatic carbocycles. The fourth-order valence-electron chi connectivity index (χ4n) is 6.31. The number of carbonyl (C=O) groups excluding carboxylic acids is 1. The molecule has 0 rings (SSSR count). The minimum Gasteiger partial charge on any atom is -0.394 e. The maximum atomic E-state index is 12.3. The predicted octanol–water partition coefficient (Wildman–Crippen LogP) is 13.3. The molecule has 0 aromatic heterocycles. The summed E-state index contributed by atoms with van der Waals surface area (Å²) in [6.45, 7) is 4.20. The van der Waals surface area contributed by atoms with Gasteiger partial charge in [0.15, 0.2) is 0 Å². The summed E-state index contributed by atoms with van der Waals surface area (Å²) < 4.78 is 0. The van der Waals surface area contributed by atoms with Crippen LogP contribution in [0.3, 0.4) is 0 Å². The average Bonchev–Trinajstić information content (AvgIpc) is 3.12. The standard InChI is InChI=1S/C46H83NO3/c1-3-5-7-9-11-13-15-17-19-20-21-22-23-24-25-26-28-29-31-33-35-37-39-41-45(49)44(43-48)47-46(50)42-40-38-36-34-32-30-27-18-16-14-12-10-8-6-4-2/h6,8,12,14,18,27,32,34,38,40,44-45,48-49H,3-5,7,9-11,13,15-17,19-26,28-31,33,35-37,39,41-43H2,1-2H3,(H,47,50)/b8-6-,14-12-,27-18-,34-32-,40-38-. The molecule has 2 unspecified atom stereocenters. The van der Waals surface area contributed by atoms with E-state index >= 15 is 0 Å². The lowest BCUT2D eigenvalue weighted by Crippen LogP contribution is -2.45. The van der Waals surface area contributed by atoms with Crippen LogP contribution in [-0.2, 0) is 4.79 Å². The van der Waals surface area contributed by atoms with Crippen molar-refractivity contribution in [2.24, 2.45) is 0 Å². The summed E-state index contributed by atoms with van der Waals surface area (Å²) in [5.74, 6) is -0.158. The second-order valence-electron chi connectivity index (χ2n) is 14.4. The van der Waals surface area contributed by atoms with Gasteiger partial charge in [-0.05, 0) is 38.5 Å². The number of aliphatic hydroxyl groups is 2. The van der Waals surface area contributed by atoms with Gasteiger partial charge in [-0.2, -0.15) is 0 Å². The fraction of sp³-hybridized carbons (Fsp3) is 0.761. The molecule has 4 heteroatoms. The molecule has 0 aromatic carbocycles. The van der Waals surface area contributed by atoms with Crippen molar-refractivity contribution < 1.29 is 15.0 Å². The quantitative estimate of drug-likeness (QED) is 0.0444. The zero-order chi connectivity index (χ0) is 36.4. The Kier molecular flexibility index (Phi) is 39.9. The number of rotatable bonds is 38. The van der Waals surface area contributed by atoms with Crippen LogP contribution in [0.25, 0.3) is 0 Å². The molecule has 50 heavy (non-hydrogen) atoms. The molecule has 0 aromatic rings. The highest BCUT2D eigenvalue weighted by Crippen LogP contribution is 2.16. The Morgan fingerprint density at radius 2 is 0.800 bits per heavy atom. The first-order chi connectivity index (χ1) is 24.7. The van der Waals surface area contributed by atoms with Crippen LogP contribution in [-0.4, -0.2) is 34.9 Å². The van der Waals surface area contributed by atoms with Gasteiger partial charge < -0.3 is 15.5 Å². The summed E-state index contributed by atoms with van der Waals surface area (Å²) in [6.07, 6.45) is 57.5. The Labute approximate surface area is 311 Å². The lowest BCUT2D eigenvalue weighted by atomic mass is 10.0. The highest BCUT2D eigenvalue weighted by Gasteiger charge is 2.19. The Bertz CT molecular complexity index is 842. The van der Waals surface area contributed by atoms with Gasteiger partial charge in [-0.25, -0.2) is 0 Å². The number of unbranched alkanes of at least 4 members (excludes halogenated alkanes) is 22. The van der Waals surface area contributed by atoms with E-state index in [9.17, 15) is 15.0 Å². The van der Waals surface area contributed by atoms with Crippen LogP contribution in [0.1, 0.15) is 206 Å². The Morgan fingerprint density at radius 3 is 1.14 bits per heavy atom. The van der Waals surface area contributed by atoms with Gasteiger partial charge in [0, 0.05) is 6.42 Å². The van der Waals surface area contributed by atoms with Gasteiger partial charge in [0.25, 0.3) is 0 Å². The molecule has 0 spiro atoms. The maximum absolute atomic E-state index is 12.3.